The Morgan fingerprint density at radius 1 is 1.23 bits per heavy atom. The number of aromatic nitrogens is 2. The van der Waals surface area contributed by atoms with Crippen molar-refractivity contribution in [3.8, 4) is 0 Å². The number of amides is 2. The molecule has 2 aromatic heterocycles. The van der Waals surface area contributed by atoms with Crippen LogP contribution in [0.15, 0.2) is 54.0 Å². The average Bonchev–Trinajstić information content (AvgIpc) is 3.43. The van der Waals surface area contributed by atoms with Crippen LogP contribution in [0.4, 0.5) is 5.69 Å². The van der Waals surface area contributed by atoms with Crippen LogP contribution in [0.25, 0.3) is 15.7 Å². The van der Waals surface area contributed by atoms with Crippen LogP contribution in [-0.4, -0.2) is 39.7 Å². The van der Waals surface area contributed by atoms with Crippen LogP contribution >= 0.6 is 11.3 Å². The second kappa shape index (κ2) is 7.25. The second-order valence-corrected chi connectivity index (χ2v) is 8.67. The van der Waals surface area contributed by atoms with Gasteiger partial charge in [-0.2, -0.15) is 0 Å². The van der Waals surface area contributed by atoms with Gasteiger partial charge in [0.25, 0.3) is 0 Å². The Kier molecular flexibility index (Phi) is 4.55. The Balaban J connectivity index is 1.36. The number of carbonyl (C=O) groups excluding carboxylic acids is 2. The zero-order valence-electron chi connectivity index (χ0n) is 16.9. The van der Waals surface area contributed by atoms with Crippen LogP contribution in [0.3, 0.4) is 0 Å². The molecule has 1 aliphatic rings. The van der Waals surface area contributed by atoms with Crippen LogP contribution in [-0.2, 0) is 16.1 Å². The number of hydrogen-bond acceptors (Lipinski definition) is 4. The molecule has 5 rings (SSSR count). The lowest BCUT2D eigenvalue weighted by atomic mass is 10.1. The first-order chi connectivity index (χ1) is 14.5. The molecular formula is C23H22N4O2S. The highest BCUT2D eigenvalue weighted by Gasteiger charge is 2.37. The zero-order chi connectivity index (χ0) is 20.8. The van der Waals surface area contributed by atoms with Crippen LogP contribution in [0.2, 0.25) is 0 Å². The van der Waals surface area contributed by atoms with Crippen molar-refractivity contribution in [2.45, 2.75) is 19.9 Å². The van der Waals surface area contributed by atoms with Crippen molar-refractivity contribution in [2.24, 2.45) is 5.92 Å². The first-order valence-corrected chi connectivity index (χ1v) is 10.8. The minimum absolute atomic E-state index is 0.00105. The number of nitrogens with zero attached hydrogens (tertiary/aromatic N) is 4. The molecule has 1 atom stereocenters. The van der Waals surface area contributed by atoms with Crippen molar-refractivity contribution in [1.29, 1.82) is 0 Å². The molecule has 152 valence electrons. The molecule has 0 radical (unpaired) electrons. The molecule has 4 aromatic rings. The number of aryl methyl sites for hydroxylation is 1. The molecule has 3 heterocycles. The maximum atomic E-state index is 13.2. The summed E-state index contributed by atoms with van der Waals surface area (Å²) in [6.45, 7) is 2.85. The Morgan fingerprint density at radius 3 is 2.90 bits per heavy atom. The molecule has 0 bridgehead atoms. The van der Waals surface area contributed by atoms with E-state index in [9.17, 15) is 9.59 Å². The molecule has 0 spiro atoms. The third-order valence-corrected chi connectivity index (χ3v) is 6.61. The molecule has 1 aliphatic heterocycles. The van der Waals surface area contributed by atoms with E-state index in [1.165, 1.54) is 0 Å². The van der Waals surface area contributed by atoms with Gasteiger partial charge in [-0.1, -0.05) is 36.4 Å². The van der Waals surface area contributed by atoms with Gasteiger partial charge in [0, 0.05) is 37.0 Å². The van der Waals surface area contributed by atoms with Gasteiger partial charge in [0.2, 0.25) is 11.8 Å². The van der Waals surface area contributed by atoms with Crippen LogP contribution < -0.4 is 4.90 Å². The molecule has 6 nitrogen and oxygen atoms in total. The second-order valence-electron chi connectivity index (χ2n) is 7.80. The van der Waals surface area contributed by atoms with Gasteiger partial charge in [-0.05, 0) is 18.4 Å². The lowest BCUT2D eigenvalue weighted by Crippen LogP contribution is -2.34. The maximum Gasteiger partial charge on any atom is 0.228 e. The topological polar surface area (TPSA) is 57.9 Å². The summed E-state index contributed by atoms with van der Waals surface area (Å²) in [5.74, 6) is -0.345. The average molecular weight is 419 g/mol. The van der Waals surface area contributed by atoms with Crippen LogP contribution in [0.1, 0.15) is 17.8 Å². The van der Waals surface area contributed by atoms with E-state index in [2.05, 4.69) is 4.98 Å². The quantitative estimate of drug-likeness (QED) is 0.506. The Labute approximate surface area is 178 Å². The molecule has 0 aliphatic carbocycles. The van der Waals surface area contributed by atoms with Gasteiger partial charge < -0.3 is 9.80 Å². The van der Waals surface area contributed by atoms with E-state index >= 15 is 0 Å². The van der Waals surface area contributed by atoms with Crippen molar-refractivity contribution >= 4 is 44.6 Å². The molecule has 2 amide bonds. The number of imidazole rings is 1. The van der Waals surface area contributed by atoms with E-state index in [-0.39, 0.29) is 24.2 Å². The number of fused-ring (bicyclic) bond motifs is 2. The first kappa shape index (κ1) is 18.8. The van der Waals surface area contributed by atoms with Crippen molar-refractivity contribution in [3.63, 3.8) is 0 Å². The first-order valence-electron chi connectivity index (χ1n) is 9.97. The number of benzene rings is 2. The fourth-order valence-corrected chi connectivity index (χ4v) is 5.07. The van der Waals surface area contributed by atoms with Gasteiger partial charge in [-0.15, -0.1) is 11.3 Å². The van der Waals surface area contributed by atoms with E-state index in [1.807, 2.05) is 65.4 Å². The number of carbonyl (C=O) groups is 2. The SMILES string of the molecule is Cc1nc2sccn2c1CN(C)C(=O)C1CC(=O)N(c2cccc3ccccc23)C1. The molecule has 1 unspecified atom stereocenters. The highest BCUT2D eigenvalue weighted by molar-refractivity contribution is 7.15. The predicted octanol–water partition coefficient (Wildman–Crippen LogP) is 3.87. The third-order valence-electron chi connectivity index (χ3n) is 5.86. The van der Waals surface area contributed by atoms with E-state index in [0.717, 1.165) is 32.8 Å². The summed E-state index contributed by atoms with van der Waals surface area (Å²) in [5, 5.41) is 4.11. The smallest absolute Gasteiger partial charge is 0.228 e. The van der Waals surface area contributed by atoms with Gasteiger partial charge in [-0.3, -0.25) is 14.0 Å². The fraction of sp³-hybridized carbons (Fsp3) is 0.261. The van der Waals surface area contributed by atoms with Crippen molar-refractivity contribution < 1.29 is 9.59 Å². The molecule has 30 heavy (non-hydrogen) atoms. The molecule has 1 fully saturated rings. The monoisotopic (exact) mass is 418 g/mol. The highest BCUT2D eigenvalue weighted by atomic mass is 32.1. The van der Waals surface area contributed by atoms with Gasteiger partial charge in [0.1, 0.15) is 0 Å². The largest absolute Gasteiger partial charge is 0.340 e. The minimum atomic E-state index is -0.340. The fourth-order valence-electron chi connectivity index (χ4n) is 4.29. The zero-order valence-corrected chi connectivity index (χ0v) is 17.7. The van der Waals surface area contributed by atoms with Crippen molar-refractivity contribution in [1.82, 2.24) is 14.3 Å². The van der Waals surface area contributed by atoms with Gasteiger partial charge >= 0.3 is 0 Å². The molecule has 2 aromatic carbocycles. The predicted molar refractivity (Wildman–Crippen MR) is 119 cm³/mol. The van der Waals surface area contributed by atoms with E-state index in [0.29, 0.717) is 13.1 Å². The Bertz CT molecular complexity index is 1270. The molecule has 0 N–H and O–H groups in total. The lowest BCUT2D eigenvalue weighted by molar-refractivity contribution is -0.135. The van der Waals surface area contributed by atoms with Gasteiger partial charge in [0.15, 0.2) is 4.96 Å². The number of hydrogen-bond donors (Lipinski definition) is 0. The maximum absolute atomic E-state index is 13.2. The molecule has 1 saturated heterocycles. The van der Waals surface area contributed by atoms with Crippen LogP contribution in [0, 0.1) is 12.8 Å². The number of rotatable bonds is 4. The van der Waals surface area contributed by atoms with Gasteiger partial charge in [0.05, 0.1) is 29.5 Å². The Morgan fingerprint density at radius 2 is 2.03 bits per heavy atom. The van der Waals surface area contributed by atoms with E-state index < -0.39 is 0 Å². The summed E-state index contributed by atoms with van der Waals surface area (Å²) >= 11 is 1.58. The summed E-state index contributed by atoms with van der Waals surface area (Å²) in [4.78, 5) is 34.9. The standard InChI is InChI=1S/C23H22N4O2S/c1-15-20(26-10-11-30-23(26)24-15)14-25(2)22(29)17-12-21(28)27(13-17)19-9-5-7-16-6-3-4-8-18(16)19/h3-11,17H,12-14H2,1-2H3. The highest BCUT2D eigenvalue weighted by Crippen LogP contribution is 2.32. The summed E-state index contributed by atoms with van der Waals surface area (Å²) in [6.07, 6.45) is 2.22. The molecule has 7 heteroatoms. The lowest BCUT2D eigenvalue weighted by Gasteiger charge is -2.22. The molecular weight excluding hydrogens is 396 g/mol. The normalized spacial score (nSPS) is 16.7. The summed E-state index contributed by atoms with van der Waals surface area (Å²) in [6, 6.07) is 14.0. The Hall–Kier alpha value is -3.19. The summed E-state index contributed by atoms with van der Waals surface area (Å²) in [7, 11) is 1.80. The van der Waals surface area contributed by atoms with Crippen molar-refractivity contribution in [3.05, 3.63) is 65.4 Å². The summed E-state index contributed by atoms with van der Waals surface area (Å²) in [5.41, 5.74) is 2.82. The molecule has 0 saturated carbocycles. The minimum Gasteiger partial charge on any atom is -0.340 e. The van der Waals surface area contributed by atoms with Crippen molar-refractivity contribution in [2.75, 3.05) is 18.5 Å². The summed E-state index contributed by atoms with van der Waals surface area (Å²) < 4.78 is 2.03. The third kappa shape index (κ3) is 3.06. The van der Waals surface area contributed by atoms with Gasteiger partial charge in [-0.25, -0.2) is 4.98 Å². The van der Waals surface area contributed by atoms with Crippen LogP contribution in [0.5, 0.6) is 0 Å². The number of anilines is 1. The number of thiazole rings is 1. The van der Waals surface area contributed by atoms with E-state index in [1.54, 1.807) is 28.2 Å². The van der Waals surface area contributed by atoms with E-state index in [4.69, 9.17) is 0 Å².